The normalized spacial score (nSPS) is 14.4. The lowest BCUT2D eigenvalue weighted by Crippen LogP contribution is -2.52. The van der Waals surface area contributed by atoms with Gasteiger partial charge in [-0.2, -0.15) is 0 Å². The molecular weight excluding hydrogens is 558 g/mol. The van der Waals surface area contributed by atoms with Crippen LogP contribution in [0.2, 0.25) is 5.02 Å². The summed E-state index contributed by atoms with van der Waals surface area (Å²) in [4.78, 5) is 29.0. The summed E-state index contributed by atoms with van der Waals surface area (Å²) in [5.41, 5.74) is 2.95. The van der Waals surface area contributed by atoms with Crippen molar-refractivity contribution < 1.29 is 18.0 Å². The lowest BCUT2D eigenvalue weighted by Gasteiger charge is -2.33. The van der Waals surface area contributed by atoms with Crippen LogP contribution < -0.4 is 9.62 Å². The maximum atomic E-state index is 14.1. The summed E-state index contributed by atoms with van der Waals surface area (Å²) in [6, 6.07) is 20.1. The second-order valence-corrected chi connectivity index (χ2v) is 12.9. The van der Waals surface area contributed by atoms with Gasteiger partial charge in [0.05, 0.1) is 10.6 Å². The minimum Gasteiger partial charge on any atom is -0.352 e. The molecule has 1 fully saturated rings. The number of nitrogens with one attached hydrogen (secondary N) is 1. The lowest BCUT2D eigenvalue weighted by molar-refractivity contribution is -0.139. The maximum absolute atomic E-state index is 14.1. The quantitative estimate of drug-likeness (QED) is 0.300. The molecule has 3 aromatic rings. The molecule has 0 bridgehead atoms. The van der Waals surface area contributed by atoms with Gasteiger partial charge in [0, 0.05) is 17.6 Å². The molecule has 0 aromatic heterocycles. The predicted octanol–water partition coefficient (Wildman–Crippen LogP) is 5.88. The number of halogens is 1. The number of para-hydroxylation sites is 1. The molecule has 7 nitrogen and oxygen atoms in total. The van der Waals surface area contributed by atoms with Crippen LogP contribution in [0.4, 0.5) is 5.69 Å². The molecule has 9 heteroatoms. The second kappa shape index (κ2) is 13.5. The van der Waals surface area contributed by atoms with Gasteiger partial charge in [0.2, 0.25) is 11.8 Å². The fourth-order valence-electron chi connectivity index (χ4n) is 5.16. The van der Waals surface area contributed by atoms with Crippen molar-refractivity contribution in [2.45, 2.75) is 76.4 Å². The monoisotopic (exact) mass is 595 g/mol. The number of hydrogen-bond donors (Lipinski definition) is 1. The van der Waals surface area contributed by atoms with E-state index < -0.39 is 28.5 Å². The van der Waals surface area contributed by atoms with Crippen LogP contribution >= 0.6 is 11.6 Å². The zero-order chi connectivity index (χ0) is 29.6. The van der Waals surface area contributed by atoms with E-state index in [4.69, 9.17) is 11.6 Å². The molecule has 2 amide bonds. The Balaban J connectivity index is 1.71. The number of carbonyl (C=O) groups is 2. The summed E-state index contributed by atoms with van der Waals surface area (Å²) in [5, 5.41) is 3.65. The van der Waals surface area contributed by atoms with E-state index in [1.807, 2.05) is 26.0 Å². The Kier molecular flexibility index (Phi) is 10.1. The zero-order valence-electron chi connectivity index (χ0n) is 23.8. The Labute approximate surface area is 248 Å². The van der Waals surface area contributed by atoms with E-state index in [1.165, 1.54) is 9.21 Å². The van der Waals surface area contributed by atoms with Gasteiger partial charge in [0.15, 0.2) is 0 Å². The fraction of sp³-hybridized carbons (Fsp3) is 0.375. The first-order valence-electron chi connectivity index (χ1n) is 14.1. The molecule has 1 aliphatic rings. The Bertz CT molecular complexity index is 1450. The average Bonchev–Trinajstić information content (AvgIpc) is 3.48. The van der Waals surface area contributed by atoms with Crippen molar-refractivity contribution in [3.05, 3.63) is 94.5 Å². The van der Waals surface area contributed by atoms with Crippen LogP contribution in [0.1, 0.15) is 56.2 Å². The van der Waals surface area contributed by atoms with Crippen molar-refractivity contribution in [3.8, 4) is 0 Å². The molecule has 41 heavy (non-hydrogen) atoms. The van der Waals surface area contributed by atoms with Crippen LogP contribution in [0.5, 0.6) is 0 Å². The number of anilines is 1. The number of benzene rings is 3. The fourth-order valence-corrected chi connectivity index (χ4v) is 6.74. The molecule has 1 aliphatic carbocycles. The largest absolute Gasteiger partial charge is 0.352 e. The van der Waals surface area contributed by atoms with Crippen molar-refractivity contribution in [1.82, 2.24) is 10.2 Å². The summed E-state index contributed by atoms with van der Waals surface area (Å²) in [6.07, 6.45) is 4.55. The molecule has 0 unspecified atom stereocenters. The van der Waals surface area contributed by atoms with Crippen LogP contribution in [0, 0.1) is 6.92 Å². The third kappa shape index (κ3) is 7.49. The van der Waals surface area contributed by atoms with Crippen molar-refractivity contribution in [3.63, 3.8) is 0 Å². The van der Waals surface area contributed by atoms with Gasteiger partial charge in [-0.3, -0.25) is 13.9 Å². The third-order valence-corrected chi connectivity index (χ3v) is 9.69. The van der Waals surface area contributed by atoms with Gasteiger partial charge in [-0.05, 0) is 74.6 Å². The molecule has 0 aliphatic heterocycles. The summed E-state index contributed by atoms with van der Waals surface area (Å²) >= 11 is 6.08. The van der Waals surface area contributed by atoms with Crippen LogP contribution in [-0.2, 0) is 32.6 Å². The Hall–Kier alpha value is -3.36. The minimum absolute atomic E-state index is 0.0901. The van der Waals surface area contributed by atoms with Gasteiger partial charge >= 0.3 is 0 Å². The number of aryl methyl sites for hydroxylation is 2. The zero-order valence-corrected chi connectivity index (χ0v) is 25.4. The molecular formula is C32H38ClN3O4S. The van der Waals surface area contributed by atoms with Crippen molar-refractivity contribution in [2.24, 2.45) is 0 Å². The summed E-state index contributed by atoms with van der Waals surface area (Å²) in [7, 11) is -4.11. The first-order chi connectivity index (χ1) is 19.6. The first-order valence-corrected chi connectivity index (χ1v) is 15.9. The highest BCUT2D eigenvalue weighted by Gasteiger charge is 2.34. The molecule has 0 radical (unpaired) electrons. The van der Waals surface area contributed by atoms with Crippen LogP contribution in [0.15, 0.2) is 77.7 Å². The number of carbonyl (C=O) groups excluding carboxylic acids is 2. The lowest BCUT2D eigenvalue weighted by atomic mass is 10.1. The highest BCUT2D eigenvalue weighted by molar-refractivity contribution is 7.92. The van der Waals surface area contributed by atoms with Gasteiger partial charge in [-0.1, -0.05) is 79.4 Å². The van der Waals surface area contributed by atoms with Crippen molar-refractivity contribution in [2.75, 3.05) is 10.8 Å². The number of rotatable bonds is 11. The molecule has 4 rings (SSSR count). The molecule has 1 atom stereocenters. The molecule has 0 saturated heterocycles. The molecule has 1 saturated carbocycles. The number of nitrogens with zero attached hydrogens (tertiary/aromatic N) is 2. The topological polar surface area (TPSA) is 86.8 Å². The Morgan fingerprint density at radius 1 is 0.976 bits per heavy atom. The molecule has 0 heterocycles. The van der Waals surface area contributed by atoms with Crippen LogP contribution in [0.3, 0.4) is 0 Å². The highest BCUT2D eigenvalue weighted by Crippen LogP contribution is 2.28. The van der Waals surface area contributed by atoms with Gasteiger partial charge < -0.3 is 10.2 Å². The second-order valence-electron chi connectivity index (χ2n) is 10.6. The summed E-state index contributed by atoms with van der Waals surface area (Å²) < 4.78 is 29.3. The van der Waals surface area contributed by atoms with E-state index in [0.717, 1.165) is 42.4 Å². The van der Waals surface area contributed by atoms with Crippen LogP contribution in [-0.4, -0.2) is 43.8 Å². The van der Waals surface area contributed by atoms with E-state index >= 15 is 0 Å². The van der Waals surface area contributed by atoms with E-state index in [-0.39, 0.29) is 23.4 Å². The van der Waals surface area contributed by atoms with Gasteiger partial charge in [-0.15, -0.1) is 0 Å². The number of sulfonamides is 1. The van der Waals surface area contributed by atoms with E-state index in [2.05, 4.69) is 5.32 Å². The SMILES string of the molecule is CCc1ccccc1N(CC(=O)N(Cc1ccc(Cl)cc1)[C@@H](C)C(=O)NC1CCCC1)S(=O)(=O)c1ccc(C)cc1. The third-order valence-electron chi connectivity index (χ3n) is 7.66. The Morgan fingerprint density at radius 3 is 2.24 bits per heavy atom. The number of hydrogen-bond acceptors (Lipinski definition) is 4. The van der Waals surface area contributed by atoms with Crippen LogP contribution in [0.25, 0.3) is 0 Å². The minimum atomic E-state index is -4.11. The van der Waals surface area contributed by atoms with Gasteiger partial charge in [-0.25, -0.2) is 8.42 Å². The smallest absolute Gasteiger partial charge is 0.264 e. The van der Waals surface area contributed by atoms with E-state index in [9.17, 15) is 18.0 Å². The molecule has 218 valence electrons. The maximum Gasteiger partial charge on any atom is 0.264 e. The number of amides is 2. The summed E-state index contributed by atoms with van der Waals surface area (Å²) in [5.74, 6) is -0.725. The van der Waals surface area contributed by atoms with Crippen molar-refractivity contribution >= 4 is 39.1 Å². The first kappa shape index (κ1) is 30.6. The van der Waals surface area contributed by atoms with Gasteiger partial charge in [0.1, 0.15) is 12.6 Å². The summed E-state index contributed by atoms with van der Waals surface area (Å²) in [6.45, 7) is 5.19. The Morgan fingerprint density at radius 2 is 1.61 bits per heavy atom. The van der Waals surface area contributed by atoms with E-state index in [0.29, 0.717) is 17.1 Å². The molecule has 3 aromatic carbocycles. The highest BCUT2D eigenvalue weighted by atomic mass is 35.5. The van der Waals surface area contributed by atoms with Gasteiger partial charge in [0.25, 0.3) is 10.0 Å². The average molecular weight is 596 g/mol. The molecule has 0 spiro atoms. The predicted molar refractivity (Wildman–Crippen MR) is 163 cm³/mol. The molecule has 1 N–H and O–H groups in total. The van der Waals surface area contributed by atoms with E-state index in [1.54, 1.807) is 67.6 Å². The standard InChI is InChI=1S/C32H38ClN3O4S/c1-4-26-9-5-8-12-30(26)36(41(39,40)29-19-13-23(2)14-20-29)22-31(37)35(21-25-15-17-27(33)18-16-25)24(3)32(38)34-28-10-6-7-11-28/h5,8-9,12-20,24,28H,4,6-7,10-11,21-22H2,1-3H3,(H,34,38)/t24-/m0/s1. The van der Waals surface area contributed by atoms with Crippen molar-refractivity contribution in [1.29, 1.82) is 0 Å².